The summed E-state index contributed by atoms with van der Waals surface area (Å²) >= 11 is 0. The molecule has 1 aromatic heterocycles. The Morgan fingerprint density at radius 2 is 1.74 bits per heavy atom. The van der Waals surface area contributed by atoms with Crippen molar-refractivity contribution in [3.05, 3.63) is 62.9 Å². The molecule has 0 saturated carbocycles. The third-order valence-electron chi connectivity index (χ3n) is 4.31. The first-order valence-electron chi connectivity index (χ1n) is 10.2. The average molecular weight is 479 g/mol. The molecule has 1 aromatic carbocycles. The quantitative estimate of drug-likeness (QED) is 0.0818. The van der Waals surface area contributed by atoms with Gasteiger partial charge < -0.3 is 29.6 Å². The lowest BCUT2D eigenvalue weighted by Crippen LogP contribution is -2.35. The van der Waals surface area contributed by atoms with Crippen LogP contribution in [0.15, 0.2) is 51.3 Å². The number of aromatic nitrogens is 2. The molecule has 2 rings (SSSR count). The Balaban J connectivity index is 1.73. The van der Waals surface area contributed by atoms with Gasteiger partial charge in [-0.2, -0.15) is 0 Å². The van der Waals surface area contributed by atoms with Gasteiger partial charge in [0.05, 0.1) is 18.6 Å². The zero-order chi connectivity index (χ0) is 25.1. The molecule has 0 spiro atoms. The van der Waals surface area contributed by atoms with Gasteiger partial charge in [0.1, 0.15) is 12.4 Å². The summed E-state index contributed by atoms with van der Waals surface area (Å²) in [6.45, 7) is 1.26. The van der Waals surface area contributed by atoms with Crippen molar-refractivity contribution in [2.75, 3.05) is 6.61 Å². The van der Waals surface area contributed by atoms with Crippen molar-refractivity contribution in [2.24, 2.45) is 5.16 Å². The van der Waals surface area contributed by atoms with Gasteiger partial charge in [0.2, 0.25) is 6.41 Å². The number of hydrogen-bond acceptors (Lipinski definition) is 11. The van der Waals surface area contributed by atoms with Gasteiger partial charge in [-0.3, -0.25) is 23.9 Å². The maximum absolute atomic E-state index is 11.9. The van der Waals surface area contributed by atoms with Crippen molar-refractivity contribution in [1.82, 2.24) is 9.55 Å². The average Bonchev–Trinajstić information content (AvgIpc) is 2.80. The van der Waals surface area contributed by atoms with Crippen LogP contribution in [0.2, 0.25) is 0 Å². The molecule has 0 bridgehead atoms. The predicted molar refractivity (Wildman–Crippen MR) is 115 cm³/mol. The van der Waals surface area contributed by atoms with Crippen LogP contribution in [-0.4, -0.2) is 55.5 Å². The highest BCUT2D eigenvalue weighted by molar-refractivity contribution is 6.00. The summed E-state index contributed by atoms with van der Waals surface area (Å²) in [7, 11) is 0. The van der Waals surface area contributed by atoms with Gasteiger partial charge in [-0.1, -0.05) is 18.5 Å². The van der Waals surface area contributed by atoms with Crippen molar-refractivity contribution >= 4 is 17.7 Å². The SMILES string of the molecule is CCC/C(=N\O)c1ccc(OC(=O)CCC(=O)OCC(O)OC(O)n2ccc(=O)[nH]c2=O)cc1. The zero-order valence-electron chi connectivity index (χ0n) is 18.2. The number of oxime groups is 1. The number of carbonyl (C=O) groups excluding carboxylic acids is 2. The number of carbonyl (C=O) groups is 2. The maximum atomic E-state index is 11.9. The number of aliphatic hydroxyl groups excluding tert-OH is 2. The van der Waals surface area contributed by atoms with Gasteiger partial charge >= 0.3 is 17.6 Å². The van der Waals surface area contributed by atoms with Crippen LogP contribution in [0.3, 0.4) is 0 Å². The second-order valence-electron chi connectivity index (χ2n) is 6.91. The number of nitrogens with one attached hydrogen (secondary N) is 1. The van der Waals surface area contributed by atoms with Crippen LogP contribution in [0.4, 0.5) is 0 Å². The monoisotopic (exact) mass is 479 g/mol. The lowest BCUT2D eigenvalue weighted by atomic mass is 10.1. The largest absolute Gasteiger partial charge is 0.460 e. The molecule has 13 heteroatoms. The normalized spacial score (nSPS) is 13.2. The molecule has 4 N–H and O–H groups in total. The van der Waals surface area contributed by atoms with Crippen LogP contribution < -0.4 is 16.0 Å². The third-order valence-corrected chi connectivity index (χ3v) is 4.31. The molecule has 13 nitrogen and oxygen atoms in total. The van der Waals surface area contributed by atoms with Gasteiger partial charge in [0.25, 0.3) is 5.56 Å². The van der Waals surface area contributed by atoms with E-state index in [2.05, 4.69) is 5.16 Å². The summed E-state index contributed by atoms with van der Waals surface area (Å²) in [5.41, 5.74) is -0.465. The Morgan fingerprint density at radius 1 is 1.06 bits per heavy atom. The fourth-order valence-electron chi connectivity index (χ4n) is 2.67. The number of hydrogen-bond donors (Lipinski definition) is 4. The molecule has 0 saturated heterocycles. The Labute approximate surface area is 192 Å². The minimum Gasteiger partial charge on any atom is -0.460 e. The molecule has 0 radical (unpaired) electrons. The van der Waals surface area contributed by atoms with E-state index in [1.165, 1.54) is 12.1 Å². The summed E-state index contributed by atoms with van der Waals surface area (Å²) in [6.07, 6.45) is -2.04. The minimum atomic E-state index is -1.94. The first-order chi connectivity index (χ1) is 16.2. The highest BCUT2D eigenvalue weighted by Gasteiger charge is 2.17. The molecule has 2 aromatic rings. The van der Waals surface area contributed by atoms with E-state index in [-0.39, 0.29) is 18.6 Å². The van der Waals surface area contributed by atoms with Gasteiger partial charge in [0.15, 0.2) is 6.29 Å². The number of nitrogens with zero attached hydrogens (tertiary/aromatic N) is 2. The summed E-state index contributed by atoms with van der Waals surface area (Å²) in [5.74, 6) is -1.29. The molecule has 0 fully saturated rings. The lowest BCUT2D eigenvalue weighted by molar-refractivity contribution is -0.256. The van der Waals surface area contributed by atoms with E-state index in [0.29, 0.717) is 22.3 Å². The number of benzene rings is 1. The van der Waals surface area contributed by atoms with Crippen LogP contribution in [0.25, 0.3) is 0 Å². The number of aliphatic hydroxyl groups is 2. The van der Waals surface area contributed by atoms with E-state index in [1.807, 2.05) is 11.9 Å². The summed E-state index contributed by atoms with van der Waals surface area (Å²) < 4.78 is 15.2. The predicted octanol–water partition coefficient (Wildman–Crippen LogP) is 0.227. The van der Waals surface area contributed by atoms with E-state index >= 15 is 0 Å². The van der Waals surface area contributed by atoms with Crippen molar-refractivity contribution in [3.8, 4) is 5.75 Å². The molecule has 1 heterocycles. The number of aromatic amines is 1. The van der Waals surface area contributed by atoms with Crippen LogP contribution >= 0.6 is 0 Å². The molecule has 0 aliphatic carbocycles. The number of rotatable bonds is 12. The summed E-state index contributed by atoms with van der Waals surface area (Å²) in [4.78, 5) is 48.1. The first-order valence-corrected chi connectivity index (χ1v) is 10.2. The van der Waals surface area contributed by atoms with Crippen molar-refractivity contribution in [1.29, 1.82) is 0 Å². The summed E-state index contributed by atoms with van der Waals surface area (Å²) in [6, 6.07) is 7.29. The maximum Gasteiger partial charge on any atom is 0.332 e. The Bertz CT molecular complexity index is 1110. The molecule has 184 valence electrons. The molecule has 0 aliphatic heterocycles. The highest BCUT2D eigenvalue weighted by atomic mass is 16.7. The van der Waals surface area contributed by atoms with Crippen LogP contribution in [-0.2, 0) is 19.1 Å². The van der Waals surface area contributed by atoms with Gasteiger partial charge in [-0.05, 0) is 36.2 Å². The van der Waals surface area contributed by atoms with Crippen LogP contribution in [0, 0.1) is 0 Å². The van der Waals surface area contributed by atoms with Crippen LogP contribution in [0.5, 0.6) is 5.75 Å². The number of H-pyrrole nitrogens is 1. The molecular formula is C21H25N3O10. The topological polar surface area (TPSA) is 190 Å². The van der Waals surface area contributed by atoms with E-state index in [4.69, 9.17) is 19.4 Å². The number of ether oxygens (including phenoxy) is 3. The standard InChI is InChI=1S/C21H25N3O10/c1-2-3-15(23-31)13-4-6-14(7-5-13)33-18(27)9-8-17(26)32-12-19(28)34-21(30)24-11-10-16(25)22-20(24)29/h4-7,10-11,19,21,28,30-31H,2-3,8-9,12H2,1H3,(H,22,25,29)/b23-15+. The van der Waals surface area contributed by atoms with E-state index in [1.54, 1.807) is 12.1 Å². The van der Waals surface area contributed by atoms with E-state index in [0.717, 1.165) is 18.7 Å². The smallest absolute Gasteiger partial charge is 0.332 e. The molecule has 2 unspecified atom stereocenters. The van der Waals surface area contributed by atoms with Gasteiger partial charge in [0, 0.05) is 12.3 Å². The molecule has 34 heavy (non-hydrogen) atoms. The first kappa shape index (κ1) is 26.4. The van der Waals surface area contributed by atoms with Gasteiger partial charge in [-0.15, -0.1) is 0 Å². The van der Waals surface area contributed by atoms with Crippen molar-refractivity contribution < 1.29 is 39.2 Å². The fraction of sp³-hybridized carbons (Fsp3) is 0.381. The number of esters is 2. The Kier molecular flexibility index (Phi) is 10.1. The molecule has 2 atom stereocenters. The summed E-state index contributed by atoms with van der Waals surface area (Å²) in [5, 5.41) is 31.8. The minimum absolute atomic E-state index is 0.242. The Hall–Kier alpha value is -3.81. The molecule has 0 aliphatic rings. The highest BCUT2D eigenvalue weighted by Crippen LogP contribution is 2.15. The lowest BCUT2D eigenvalue weighted by Gasteiger charge is -2.18. The second-order valence-corrected chi connectivity index (χ2v) is 6.91. The Morgan fingerprint density at radius 3 is 2.35 bits per heavy atom. The van der Waals surface area contributed by atoms with Crippen molar-refractivity contribution in [3.63, 3.8) is 0 Å². The molecular weight excluding hydrogens is 454 g/mol. The second kappa shape index (κ2) is 13.0. The van der Waals surface area contributed by atoms with E-state index in [9.17, 15) is 29.4 Å². The van der Waals surface area contributed by atoms with E-state index < -0.39 is 42.5 Å². The third kappa shape index (κ3) is 8.27. The molecule has 0 amide bonds. The van der Waals surface area contributed by atoms with Crippen LogP contribution in [0.1, 0.15) is 44.6 Å². The van der Waals surface area contributed by atoms with Crippen molar-refractivity contribution in [2.45, 2.75) is 45.3 Å². The fourth-order valence-corrected chi connectivity index (χ4v) is 2.67. The van der Waals surface area contributed by atoms with Gasteiger partial charge in [-0.25, -0.2) is 4.79 Å². The zero-order valence-corrected chi connectivity index (χ0v) is 18.2.